The second kappa shape index (κ2) is 17.0. The van der Waals surface area contributed by atoms with E-state index in [-0.39, 0.29) is 12.1 Å². The summed E-state index contributed by atoms with van der Waals surface area (Å²) in [6.45, 7) is 4.60. The van der Waals surface area contributed by atoms with Crippen LogP contribution in [0.25, 0.3) is 88.0 Å². The van der Waals surface area contributed by atoms with Gasteiger partial charge in [0.25, 0.3) is 0 Å². The third-order valence-corrected chi connectivity index (χ3v) is 14.4. The number of fused-ring (bicyclic) bond motifs is 5. The zero-order chi connectivity index (χ0) is 43.0. The molecule has 0 amide bonds. The van der Waals surface area contributed by atoms with Gasteiger partial charge in [-0.25, -0.2) is 0 Å². The molecule has 2 atom stereocenters. The van der Waals surface area contributed by atoms with Gasteiger partial charge in [0, 0.05) is 34.0 Å². The molecule has 0 N–H and O–H groups in total. The van der Waals surface area contributed by atoms with Crippen molar-refractivity contribution in [1.29, 1.82) is 0 Å². The normalized spacial score (nSPS) is 12.5. The van der Waals surface area contributed by atoms with Crippen molar-refractivity contribution in [3.8, 4) is 44.5 Å². The first-order chi connectivity index (χ1) is 31.6. The predicted molar refractivity (Wildman–Crippen MR) is 271 cm³/mol. The Labute approximate surface area is 375 Å². The lowest BCUT2D eigenvalue weighted by atomic mass is 9.92. The molecular weight excluding hydrogens is 798 g/mol. The lowest BCUT2D eigenvalue weighted by Crippen LogP contribution is -2.27. The molecule has 11 rings (SSSR count). The molecule has 0 aliphatic carbocycles. The molecule has 4 heteroatoms. The van der Waals surface area contributed by atoms with E-state index in [0.29, 0.717) is 0 Å². The van der Waals surface area contributed by atoms with E-state index in [2.05, 4.69) is 249 Å². The lowest BCUT2D eigenvalue weighted by molar-refractivity contribution is 0.559. The molecule has 0 aliphatic rings. The Morgan fingerprint density at radius 1 is 0.328 bits per heavy atom. The van der Waals surface area contributed by atoms with Gasteiger partial charge in [0.15, 0.2) is 11.2 Å². The van der Waals surface area contributed by atoms with E-state index in [9.17, 15) is 0 Å². The van der Waals surface area contributed by atoms with Gasteiger partial charge in [-0.2, -0.15) is 4.67 Å². The van der Waals surface area contributed by atoms with Crippen molar-refractivity contribution in [3.05, 3.63) is 242 Å². The summed E-state index contributed by atoms with van der Waals surface area (Å²) in [6, 6.07) is 82.5. The molecule has 10 aromatic carbocycles. The highest BCUT2D eigenvalue weighted by Crippen LogP contribution is 2.50. The van der Waals surface area contributed by atoms with Crippen LogP contribution in [-0.4, -0.2) is 0 Å². The van der Waals surface area contributed by atoms with Gasteiger partial charge in [0.2, 0.25) is 0 Å². The Kier molecular flexibility index (Phi) is 10.5. The molecule has 0 unspecified atom stereocenters. The summed E-state index contributed by atoms with van der Waals surface area (Å²) < 4.78 is 18.0. The van der Waals surface area contributed by atoms with Gasteiger partial charge in [-0.1, -0.05) is 194 Å². The van der Waals surface area contributed by atoms with Crippen LogP contribution in [0.1, 0.15) is 37.1 Å². The van der Waals surface area contributed by atoms with Gasteiger partial charge in [-0.3, -0.25) is 0 Å². The minimum absolute atomic E-state index is 0.116. The van der Waals surface area contributed by atoms with E-state index < -0.39 is 8.16 Å². The average molecular weight is 844 g/mol. The molecule has 0 aliphatic heterocycles. The first-order valence-electron chi connectivity index (χ1n) is 22.1. The average Bonchev–Trinajstić information content (AvgIpc) is 3.53. The van der Waals surface area contributed by atoms with E-state index >= 15 is 0 Å². The molecular formula is C60H46NO2P. The molecule has 0 fully saturated rings. The third-order valence-electron chi connectivity index (χ3n) is 12.7. The quantitative estimate of drug-likeness (QED) is 0.145. The van der Waals surface area contributed by atoms with Gasteiger partial charge >= 0.3 is 8.16 Å². The van der Waals surface area contributed by atoms with Crippen molar-refractivity contribution >= 4 is 51.6 Å². The Balaban J connectivity index is 1.28. The minimum Gasteiger partial charge on any atom is -0.407 e. The fourth-order valence-electron chi connectivity index (χ4n) is 9.24. The fraction of sp³-hybridized carbons (Fsp3) is 0.0667. The van der Waals surface area contributed by atoms with Crippen molar-refractivity contribution < 1.29 is 8.39 Å². The van der Waals surface area contributed by atoms with Crippen LogP contribution in [0.2, 0.25) is 0 Å². The number of rotatable bonds is 9. The monoisotopic (exact) mass is 843 g/mol. The molecule has 0 saturated carbocycles. The van der Waals surface area contributed by atoms with Crippen LogP contribution in [0.3, 0.4) is 0 Å². The zero-order valence-electron chi connectivity index (χ0n) is 35.8. The van der Waals surface area contributed by atoms with Gasteiger partial charge in [-0.15, -0.1) is 0 Å². The molecule has 11 aromatic rings. The summed E-state index contributed by atoms with van der Waals surface area (Å²) in [4.78, 5) is 0. The molecule has 0 radical (unpaired) electrons. The van der Waals surface area contributed by atoms with Crippen LogP contribution in [0, 0.1) is 0 Å². The maximum Gasteiger partial charge on any atom is 0.310 e. The summed E-state index contributed by atoms with van der Waals surface area (Å²) >= 11 is 0. The SMILES string of the molecule is C[C@@H](c1ccc2ccccc2c1)N([C@@H](C)c1ccc2ccccc2c1)p1oc2c(-c3ccccc3)cc(-c3ccccc3)cc2c2cc(-c3ccccc3)cc(-c3ccccc3)c2o1. The van der Waals surface area contributed by atoms with Crippen molar-refractivity contribution in [2.24, 2.45) is 0 Å². The zero-order valence-corrected chi connectivity index (χ0v) is 36.7. The number of benzene rings is 10. The van der Waals surface area contributed by atoms with E-state index in [1.807, 2.05) is 0 Å². The van der Waals surface area contributed by atoms with Gasteiger partial charge in [-0.05, 0) is 116 Å². The smallest absolute Gasteiger partial charge is 0.310 e. The molecule has 0 spiro atoms. The van der Waals surface area contributed by atoms with Crippen LogP contribution in [0.4, 0.5) is 0 Å². The molecule has 0 saturated heterocycles. The van der Waals surface area contributed by atoms with Crippen molar-refractivity contribution in [2.75, 3.05) is 4.67 Å². The molecule has 3 nitrogen and oxygen atoms in total. The fourth-order valence-corrected chi connectivity index (χ4v) is 11.0. The number of hydrogen-bond acceptors (Lipinski definition) is 3. The Morgan fingerprint density at radius 2 is 0.672 bits per heavy atom. The summed E-state index contributed by atoms with van der Waals surface area (Å²) in [5.41, 5.74) is 12.7. The van der Waals surface area contributed by atoms with E-state index in [1.165, 1.54) is 32.7 Å². The molecule has 1 heterocycles. The maximum atomic E-state index is 7.74. The molecule has 64 heavy (non-hydrogen) atoms. The Bertz CT molecular complexity index is 3250. The summed E-state index contributed by atoms with van der Waals surface area (Å²) in [7, 11) is -1.86. The second-order valence-electron chi connectivity index (χ2n) is 16.6. The van der Waals surface area contributed by atoms with Gasteiger partial charge < -0.3 is 8.39 Å². The van der Waals surface area contributed by atoms with Crippen molar-refractivity contribution in [3.63, 3.8) is 0 Å². The van der Waals surface area contributed by atoms with Crippen molar-refractivity contribution in [2.45, 2.75) is 25.9 Å². The molecule has 0 bridgehead atoms. The van der Waals surface area contributed by atoms with Crippen LogP contribution in [0.5, 0.6) is 0 Å². The minimum atomic E-state index is -1.86. The summed E-state index contributed by atoms with van der Waals surface area (Å²) in [5, 5.41) is 6.82. The predicted octanol–water partition coefficient (Wildman–Crippen LogP) is 17.7. The topological polar surface area (TPSA) is 29.5 Å². The Hall–Kier alpha value is -7.42. The lowest BCUT2D eigenvalue weighted by Gasteiger charge is -2.32. The standard InChI is InChI=1S/C60H46NO2P/c1-41(49-33-31-45-23-15-17-29-51(45)35-49)61(42(2)50-34-32-46-24-16-18-30-52(46)36-50)64-62-59-55(47-25-11-5-12-26-47)37-53(43-19-7-3-8-20-43)39-57(59)58-40-54(44-21-9-4-10-22-44)38-56(60(58)63-64)48-27-13-6-14-28-48/h3-42H,1-2H3/t41-,42-/m0/s1. The highest BCUT2D eigenvalue weighted by molar-refractivity contribution is 7.39. The molecule has 1 aromatic heterocycles. The number of nitrogens with zero attached hydrogens (tertiary/aromatic N) is 1. The maximum absolute atomic E-state index is 7.74. The van der Waals surface area contributed by atoms with Crippen molar-refractivity contribution in [1.82, 2.24) is 0 Å². The summed E-state index contributed by atoms with van der Waals surface area (Å²) in [6.07, 6.45) is 0. The van der Waals surface area contributed by atoms with E-state index in [1.54, 1.807) is 0 Å². The van der Waals surface area contributed by atoms with Crippen LogP contribution >= 0.6 is 8.16 Å². The van der Waals surface area contributed by atoms with Crippen LogP contribution < -0.4 is 4.67 Å². The van der Waals surface area contributed by atoms with Crippen LogP contribution in [-0.2, 0) is 0 Å². The second-order valence-corrected chi connectivity index (χ2v) is 17.9. The van der Waals surface area contributed by atoms with E-state index in [0.717, 1.165) is 66.4 Å². The highest BCUT2D eigenvalue weighted by atomic mass is 31.1. The molecule has 308 valence electrons. The van der Waals surface area contributed by atoms with Crippen LogP contribution in [0.15, 0.2) is 239 Å². The first kappa shape index (κ1) is 39.4. The van der Waals surface area contributed by atoms with E-state index in [4.69, 9.17) is 8.39 Å². The first-order valence-corrected chi connectivity index (χ1v) is 23.2. The Morgan fingerprint density at radius 3 is 1.06 bits per heavy atom. The highest BCUT2D eigenvalue weighted by Gasteiger charge is 2.31. The number of hydrogen-bond donors (Lipinski definition) is 0. The van der Waals surface area contributed by atoms with Gasteiger partial charge in [0.05, 0.1) is 0 Å². The largest absolute Gasteiger partial charge is 0.407 e. The third kappa shape index (κ3) is 7.50. The summed E-state index contributed by atoms with van der Waals surface area (Å²) in [5.74, 6) is 0. The van der Waals surface area contributed by atoms with Gasteiger partial charge in [0.1, 0.15) is 0 Å².